The highest BCUT2D eigenvalue weighted by Crippen LogP contribution is 2.47. The van der Waals surface area contributed by atoms with Crippen LogP contribution in [0.1, 0.15) is 17.9 Å². The number of piperidine rings is 1. The molecule has 1 aromatic rings. The van der Waals surface area contributed by atoms with Gasteiger partial charge in [0.1, 0.15) is 11.6 Å². The molecule has 1 aliphatic carbocycles. The zero-order valence-corrected chi connectivity index (χ0v) is 10.6. The lowest BCUT2D eigenvalue weighted by atomic mass is 10.3. The number of halogens is 1. The fourth-order valence-corrected chi connectivity index (χ4v) is 2.89. The van der Waals surface area contributed by atoms with Crippen LogP contribution in [0.15, 0.2) is 4.47 Å². The lowest BCUT2D eigenvalue weighted by Crippen LogP contribution is -2.24. The highest BCUT2D eigenvalue weighted by molar-refractivity contribution is 9.10. The van der Waals surface area contributed by atoms with Gasteiger partial charge in [-0.1, -0.05) is 0 Å². The Morgan fingerprint density at radius 2 is 1.87 bits per heavy atom. The zero-order valence-electron chi connectivity index (χ0n) is 9.00. The first-order valence-electron chi connectivity index (χ1n) is 5.41. The molecule has 4 heteroatoms. The van der Waals surface area contributed by atoms with Crippen molar-refractivity contribution in [1.82, 2.24) is 9.97 Å². The van der Waals surface area contributed by atoms with Crippen LogP contribution in [0, 0.1) is 25.7 Å². The number of rotatable bonds is 1. The lowest BCUT2D eigenvalue weighted by Gasteiger charge is -2.21. The smallest absolute Gasteiger partial charge is 0.146 e. The Bertz CT molecular complexity index is 409. The molecule has 2 unspecified atom stereocenters. The van der Waals surface area contributed by atoms with Crippen molar-refractivity contribution in [1.29, 1.82) is 0 Å². The van der Waals surface area contributed by atoms with Gasteiger partial charge in [-0.2, -0.15) is 0 Å². The van der Waals surface area contributed by atoms with Crippen LogP contribution in [0.5, 0.6) is 0 Å². The molecule has 0 amide bonds. The summed E-state index contributed by atoms with van der Waals surface area (Å²) >= 11 is 3.59. The van der Waals surface area contributed by atoms with Crippen LogP contribution in [0.25, 0.3) is 0 Å². The van der Waals surface area contributed by atoms with Crippen LogP contribution in [-0.4, -0.2) is 23.1 Å². The van der Waals surface area contributed by atoms with E-state index >= 15 is 0 Å². The number of hydrogen-bond acceptors (Lipinski definition) is 3. The highest BCUT2D eigenvalue weighted by atomic mass is 79.9. The number of fused-ring (bicyclic) bond motifs is 1. The molecule has 3 rings (SSSR count). The fourth-order valence-electron chi connectivity index (χ4n) is 2.46. The van der Waals surface area contributed by atoms with Gasteiger partial charge in [-0.15, -0.1) is 0 Å². The van der Waals surface area contributed by atoms with E-state index in [4.69, 9.17) is 0 Å². The average molecular weight is 268 g/mol. The second kappa shape index (κ2) is 3.17. The first kappa shape index (κ1) is 9.58. The summed E-state index contributed by atoms with van der Waals surface area (Å²) in [5.41, 5.74) is 1.04. The van der Waals surface area contributed by atoms with Gasteiger partial charge in [0.2, 0.25) is 0 Å². The summed E-state index contributed by atoms with van der Waals surface area (Å²) in [4.78, 5) is 11.3. The second-order valence-electron chi connectivity index (χ2n) is 4.65. The topological polar surface area (TPSA) is 29.0 Å². The molecular formula is C11H14BrN3. The molecule has 0 bridgehead atoms. The number of hydrogen-bond donors (Lipinski definition) is 0. The van der Waals surface area contributed by atoms with E-state index in [0.29, 0.717) is 0 Å². The van der Waals surface area contributed by atoms with Crippen molar-refractivity contribution in [2.45, 2.75) is 20.3 Å². The molecule has 1 aromatic heterocycles. The molecule has 1 saturated carbocycles. The van der Waals surface area contributed by atoms with Crippen molar-refractivity contribution in [2.75, 3.05) is 18.0 Å². The number of nitrogens with zero attached hydrogens (tertiary/aromatic N) is 3. The Hall–Kier alpha value is -0.640. The molecule has 15 heavy (non-hydrogen) atoms. The predicted octanol–water partition coefficient (Wildman–Crippen LogP) is 2.31. The minimum Gasteiger partial charge on any atom is -0.355 e. The largest absolute Gasteiger partial charge is 0.355 e. The SMILES string of the molecule is Cc1nc(C)c(Br)c(N2CC3CC3C2)n1. The van der Waals surface area contributed by atoms with Gasteiger partial charge in [-0.25, -0.2) is 9.97 Å². The van der Waals surface area contributed by atoms with Crippen molar-refractivity contribution in [3.63, 3.8) is 0 Å². The molecule has 0 radical (unpaired) electrons. The molecule has 2 atom stereocenters. The van der Waals surface area contributed by atoms with E-state index in [1.165, 1.54) is 19.5 Å². The quantitative estimate of drug-likeness (QED) is 0.782. The summed E-state index contributed by atoms with van der Waals surface area (Å²) in [7, 11) is 0. The van der Waals surface area contributed by atoms with E-state index in [1.54, 1.807) is 0 Å². The zero-order chi connectivity index (χ0) is 10.6. The Morgan fingerprint density at radius 3 is 2.53 bits per heavy atom. The van der Waals surface area contributed by atoms with E-state index in [0.717, 1.165) is 33.6 Å². The van der Waals surface area contributed by atoms with Crippen LogP contribution in [0.3, 0.4) is 0 Å². The molecule has 3 nitrogen and oxygen atoms in total. The number of aromatic nitrogens is 2. The van der Waals surface area contributed by atoms with Gasteiger partial charge < -0.3 is 4.90 Å². The maximum atomic E-state index is 4.54. The minimum atomic E-state index is 0.867. The number of aryl methyl sites for hydroxylation is 2. The number of anilines is 1. The Balaban J connectivity index is 1.96. The summed E-state index contributed by atoms with van der Waals surface area (Å²) in [6.07, 6.45) is 1.43. The monoisotopic (exact) mass is 267 g/mol. The van der Waals surface area contributed by atoms with Crippen LogP contribution in [0.4, 0.5) is 5.82 Å². The maximum Gasteiger partial charge on any atom is 0.146 e. The molecule has 1 saturated heterocycles. The van der Waals surface area contributed by atoms with Crippen molar-refractivity contribution in [3.05, 3.63) is 16.0 Å². The first-order valence-corrected chi connectivity index (χ1v) is 6.20. The van der Waals surface area contributed by atoms with Gasteiger partial charge in [0.15, 0.2) is 0 Å². The van der Waals surface area contributed by atoms with Crippen LogP contribution in [-0.2, 0) is 0 Å². The average Bonchev–Trinajstić information content (AvgIpc) is 2.80. The molecule has 2 heterocycles. The van der Waals surface area contributed by atoms with Gasteiger partial charge in [0, 0.05) is 13.1 Å². The molecule has 2 fully saturated rings. The Morgan fingerprint density at radius 1 is 1.20 bits per heavy atom. The van der Waals surface area contributed by atoms with Crippen molar-refractivity contribution >= 4 is 21.7 Å². The molecule has 1 aliphatic heterocycles. The van der Waals surface area contributed by atoms with Crippen LogP contribution in [0.2, 0.25) is 0 Å². The Labute approximate surface area is 98.0 Å². The highest BCUT2D eigenvalue weighted by Gasteiger charge is 2.45. The van der Waals surface area contributed by atoms with Crippen molar-refractivity contribution in [2.24, 2.45) is 11.8 Å². The van der Waals surface area contributed by atoms with Crippen LogP contribution >= 0.6 is 15.9 Å². The van der Waals surface area contributed by atoms with Crippen LogP contribution < -0.4 is 4.90 Å². The summed E-state index contributed by atoms with van der Waals surface area (Å²) in [5.74, 6) is 3.83. The standard InChI is InChI=1S/C11H14BrN3/c1-6-10(12)11(14-7(2)13-6)15-4-8-3-9(8)5-15/h8-9H,3-5H2,1-2H3. The third-order valence-corrected chi connectivity index (χ3v) is 4.32. The predicted molar refractivity (Wildman–Crippen MR) is 63.0 cm³/mol. The Kier molecular flexibility index (Phi) is 2.03. The maximum absolute atomic E-state index is 4.54. The van der Waals surface area contributed by atoms with Gasteiger partial charge in [0.25, 0.3) is 0 Å². The van der Waals surface area contributed by atoms with Crippen molar-refractivity contribution < 1.29 is 0 Å². The van der Waals surface area contributed by atoms with E-state index < -0.39 is 0 Å². The minimum absolute atomic E-state index is 0.867. The molecular weight excluding hydrogens is 254 g/mol. The third-order valence-electron chi connectivity index (χ3n) is 3.39. The lowest BCUT2D eigenvalue weighted by molar-refractivity contribution is 0.791. The third kappa shape index (κ3) is 1.55. The fraction of sp³-hybridized carbons (Fsp3) is 0.636. The van der Waals surface area contributed by atoms with Gasteiger partial charge in [-0.05, 0) is 48.0 Å². The summed E-state index contributed by atoms with van der Waals surface area (Å²) in [5, 5.41) is 0. The van der Waals surface area contributed by atoms with Gasteiger partial charge in [-0.3, -0.25) is 0 Å². The normalized spacial score (nSPS) is 28.1. The second-order valence-corrected chi connectivity index (χ2v) is 5.45. The summed E-state index contributed by atoms with van der Waals surface area (Å²) in [6.45, 7) is 6.34. The van der Waals surface area contributed by atoms with E-state index in [-0.39, 0.29) is 0 Å². The summed E-state index contributed by atoms with van der Waals surface area (Å²) in [6, 6.07) is 0. The van der Waals surface area contributed by atoms with E-state index in [1.807, 2.05) is 13.8 Å². The molecule has 80 valence electrons. The molecule has 0 N–H and O–H groups in total. The first-order chi connectivity index (χ1) is 7.15. The molecule has 0 aromatic carbocycles. The molecule has 0 spiro atoms. The van der Waals surface area contributed by atoms with E-state index in [2.05, 4.69) is 30.8 Å². The summed E-state index contributed by atoms with van der Waals surface area (Å²) < 4.78 is 1.06. The van der Waals surface area contributed by atoms with Gasteiger partial charge in [0.05, 0.1) is 10.2 Å². The van der Waals surface area contributed by atoms with Crippen molar-refractivity contribution in [3.8, 4) is 0 Å². The van der Waals surface area contributed by atoms with E-state index in [9.17, 15) is 0 Å². The van der Waals surface area contributed by atoms with Gasteiger partial charge >= 0.3 is 0 Å². The molecule has 2 aliphatic rings.